The fraction of sp³-hybridized carbons (Fsp3) is 0.429. The maximum Gasteiger partial charge on any atom is 0.161 e. The van der Waals surface area contributed by atoms with Crippen LogP contribution in [0.2, 0.25) is 0 Å². The third-order valence-electron chi connectivity index (χ3n) is 2.77. The monoisotopic (exact) mass is 308 g/mol. The van der Waals surface area contributed by atoms with Crippen LogP contribution in [0.3, 0.4) is 0 Å². The van der Waals surface area contributed by atoms with Gasteiger partial charge in [-0.3, -0.25) is 4.79 Å². The van der Waals surface area contributed by atoms with E-state index in [1.807, 2.05) is 32.0 Å². The third-order valence-corrected chi connectivity index (χ3v) is 3.27. The van der Waals surface area contributed by atoms with E-state index in [1.165, 1.54) is 0 Å². The molecule has 0 heterocycles. The van der Waals surface area contributed by atoms with Gasteiger partial charge in [0.1, 0.15) is 0 Å². The minimum atomic E-state index is -0.0617. The van der Waals surface area contributed by atoms with Crippen LogP contribution in [0.1, 0.15) is 31.1 Å². The molecule has 0 saturated carbocycles. The van der Waals surface area contributed by atoms with Crippen LogP contribution in [0.5, 0.6) is 0 Å². The van der Waals surface area contributed by atoms with Crippen LogP contribution < -0.4 is 4.90 Å². The molecular weight excluding hydrogens is 292 g/mol. The molecule has 0 amide bonds. The highest BCUT2D eigenvalue weighted by Crippen LogP contribution is 2.25. The largest absolute Gasteiger partial charge is 0.370 e. The molecule has 0 aliphatic rings. The SMILES string of the molecule is CCN(CC(C)C#N)c1ccc(Br)cc1C(C)=O. The predicted molar refractivity (Wildman–Crippen MR) is 76.8 cm³/mol. The summed E-state index contributed by atoms with van der Waals surface area (Å²) < 4.78 is 0.890. The summed E-state index contributed by atoms with van der Waals surface area (Å²) in [5.41, 5.74) is 1.59. The standard InChI is InChI=1S/C14H17BrN2O/c1-4-17(9-10(2)8-16)14-6-5-12(15)7-13(14)11(3)18/h5-7,10H,4,9H2,1-3H3. The zero-order chi connectivity index (χ0) is 13.7. The summed E-state index contributed by atoms with van der Waals surface area (Å²) >= 11 is 3.38. The van der Waals surface area contributed by atoms with E-state index in [0.717, 1.165) is 16.7 Å². The van der Waals surface area contributed by atoms with Gasteiger partial charge in [-0.05, 0) is 39.0 Å². The quantitative estimate of drug-likeness (QED) is 0.780. The Morgan fingerprint density at radius 2 is 2.22 bits per heavy atom. The molecule has 1 rings (SSSR count). The van der Waals surface area contributed by atoms with E-state index in [0.29, 0.717) is 12.1 Å². The average Bonchev–Trinajstić information content (AvgIpc) is 2.35. The smallest absolute Gasteiger partial charge is 0.161 e. The summed E-state index contributed by atoms with van der Waals surface area (Å²) in [7, 11) is 0. The molecule has 0 bridgehead atoms. The molecule has 1 aromatic rings. The Kier molecular flexibility index (Phi) is 5.36. The van der Waals surface area contributed by atoms with Crippen LogP contribution in [0.15, 0.2) is 22.7 Å². The molecule has 0 aromatic heterocycles. The van der Waals surface area contributed by atoms with Gasteiger partial charge in [0, 0.05) is 28.8 Å². The number of nitrogens with zero attached hydrogens (tertiary/aromatic N) is 2. The Morgan fingerprint density at radius 1 is 1.56 bits per heavy atom. The van der Waals surface area contributed by atoms with Crippen molar-refractivity contribution in [1.29, 1.82) is 5.26 Å². The average molecular weight is 309 g/mol. The Hall–Kier alpha value is -1.34. The Bertz CT molecular complexity index is 479. The minimum absolute atomic E-state index is 0.0364. The molecule has 0 aliphatic heterocycles. The molecule has 0 radical (unpaired) electrons. The number of carbonyl (C=O) groups excluding carboxylic acids is 1. The Balaban J connectivity index is 3.13. The minimum Gasteiger partial charge on any atom is -0.370 e. The van der Waals surface area contributed by atoms with Crippen molar-refractivity contribution < 1.29 is 4.79 Å². The summed E-state index contributed by atoms with van der Waals surface area (Å²) in [5, 5.41) is 8.90. The number of ketones is 1. The molecular formula is C14H17BrN2O. The maximum atomic E-state index is 11.7. The highest BCUT2D eigenvalue weighted by atomic mass is 79.9. The number of Topliss-reactive ketones (excluding diaryl/α,β-unsaturated/α-hetero) is 1. The third kappa shape index (κ3) is 3.58. The number of anilines is 1. The number of carbonyl (C=O) groups is 1. The highest BCUT2D eigenvalue weighted by molar-refractivity contribution is 9.10. The molecule has 0 aliphatic carbocycles. The van der Waals surface area contributed by atoms with E-state index in [9.17, 15) is 4.79 Å². The number of hydrogen-bond donors (Lipinski definition) is 0. The lowest BCUT2D eigenvalue weighted by Gasteiger charge is -2.26. The van der Waals surface area contributed by atoms with Crippen LogP contribution in [-0.2, 0) is 0 Å². The topological polar surface area (TPSA) is 44.1 Å². The van der Waals surface area contributed by atoms with Gasteiger partial charge in [-0.2, -0.15) is 5.26 Å². The van der Waals surface area contributed by atoms with E-state index in [-0.39, 0.29) is 11.7 Å². The lowest BCUT2D eigenvalue weighted by molar-refractivity contribution is 0.101. The molecule has 3 nitrogen and oxygen atoms in total. The first-order valence-corrected chi connectivity index (χ1v) is 6.74. The van der Waals surface area contributed by atoms with E-state index in [4.69, 9.17) is 5.26 Å². The molecule has 1 unspecified atom stereocenters. The van der Waals surface area contributed by atoms with Gasteiger partial charge in [-0.1, -0.05) is 15.9 Å². The van der Waals surface area contributed by atoms with Crippen LogP contribution >= 0.6 is 15.9 Å². The Morgan fingerprint density at radius 3 is 2.72 bits per heavy atom. The molecule has 0 N–H and O–H groups in total. The zero-order valence-corrected chi connectivity index (χ0v) is 12.5. The lowest BCUT2D eigenvalue weighted by Crippen LogP contribution is -2.29. The second kappa shape index (κ2) is 6.55. The van der Waals surface area contributed by atoms with E-state index >= 15 is 0 Å². The second-order valence-electron chi connectivity index (χ2n) is 4.29. The molecule has 0 saturated heterocycles. The number of halogens is 1. The molecule has 96 valence electrons. The lowest BCUT2D eigenvalue weighted by atomic mass is 10.1. The van der Waals surface area contributed by atoms with Gasteiger partial charge < -0.3 is 4.90 Å². The van der Waals surface area contributed by atoms with Crippen molar-refractivity contribution >= 4 is 27.4 Å². The molecule has 0 fully saturated rings. The molecule has 18 heavy (non-hydrogen) atoms. The predicted octanol–water partition coefficient (Wildman–Crippen LogP) is 3.64. The number of rotatable bonds is 5. The fourth-order valence-electron chi connectivity index (χ4n) is 1.84. The van der Waals surface area contributed by atoms with Crippen molar-refractivity contribution in [2.24, 2.45) is 5.92 Å². The summed E-state index contributed by atoms with van der Waals surface area (Å²) in [5.74, 6) is -0.0252. The molecule has 4 heteroatoms. The molecule has 0 spiro atoms. The number of benzene rings is 1. The van der Waals surface area contributed by atoms with Crippen LogP contribution in [0.4, 0.5) is 5.69 Å². The van der Waals surface area contributed by atoms with E-state index in [2.05, 4.69) is 26.9 Å². The van der Waals surface area contributed by atoms with Gasteiger partial charge in [0.15, 0.2) is 5.78 Å². The summed E-state index contributed by atoms with van der Waals surface area (Å²) in [6, 6.07) is 7.90. The van der Waals surface area contributed by atoms with Crippen molar-refractivity contribution in [3.63, 3.8) is 0 Å². The normalized spacial score (nSPS) is 11.7. The van der Waals surface area contributed by atoms with Crippen molar-refractivity contribution in [2.75, 3.05) is 18.0 Å². The zero-order valence-electron chi connectivity index (χ0n) is 10.9. The van der Waals surface area contributed by atoms with E-state index in [1.54, 1.807) is 6.92 Å². The van der Waals surface area contributed by atoms with E-state index < -0.39 is 0 Å². The fourth-order valence-corrected chi connectivity index (χ4v) is 2.20. The van der Waals surface area contributed by atoms with Crippen molar-refractivity contribution in [3.05, 3.63) is 28.2 Å². The van der Waals surface area contributed by atoms with Gasteiger partial charge >= 0.3 is 0 Å². The number of nitriles is 1. The highest BCUT2D eigenvalue weighted by Gasteiger charge is 2.15. The van der Waals surface area contributed by atoms with Gasteiger partial charge in [0.2, 0.25) is 0 Å². The number of hydrogen-bond acceptors (Lipinski definition) is 3. The van der Waals surface area contributed by atoms with Gasteiger partial charge in [-0.25, -0.2) is 0 Å². The van der Waals surface area contributed by atoms with Crippen molar-refractivity contribution in [2.45, 2.75) is 20.8 Å². The first kappa shape index (κ1) is 14.7. The molecule has 1 atom stereocenters. The second-order valence-corrected chi connectivity index (χ2v) is 5.20. The van der Waals surface area contributed by atoms with Crippen molar-refractivity contribution in [3.8, 4) is 6.07 Å². The molecule has 1 aromatic carbocycles. The summed E-state index contributed by atoms with van der Waals surface area (Å²) in [6.07, 6.45) is 0. The van der Waals surface area contributed by atoms with Crippen molar-refractivity contribution in [1.82, 2.24) is 0 Å². The first-order chi connectivity index (χ1) is 8.49. The van der Waals surface area contributed by atoms with Crippen LogP contribution in [0, 0.1) is 17.2 Å². The van der Waals surface area contributed by atoms with Gasteiger partial charge in [0.25, 0.3) is 0 Å². The van der Waals surface area contributed by atoms with Crippen LogP contribution in [-0.4, -0.2) is 18.9 Å². The van der Waals surface area contributed by atoms with Gasteiger partial charge in [-0.15, -0.1) is 0 Å². The summed E-state index contributed by atoms with van der Waals surface area (Å²) in [4.78, 5) is 13.7. The van der Waals surface area contributed by atoms with Crippen LogP contribution in [0.25, 0.3) is 0 Å². The first-order valence-electron chi connectivity index (χ1n) is 5.94. The maximum absolute atomic E-state index is 11.7. The summed E-state index contributed by atoms with van der Waals surface area (Å²) in [6.45, 7) is 6.88. The Labute approximate surface area is 117 Å². The van der Waals surface area contributed by atoms with Gasteiger partial charge in [0.05, 0.1) is 12.0 Å².